The molecular formula is C16H15NO5S. The largest absolute Gasteiger partial charge is 0.379 e. The van der Waals surface area contributed by atoms with Gasteiger partial charge < -0.3 is 14.2 Å². The third-order valence-corrected chi connectivity index (χ3v) is 4.65. The molecule has 2 aromatic carbocycles. The summed E-state index contributed by atoms with van der Waals surface area (Å²) >= 11 is 0. The zero-order valence-electron chi connectivity index (χ0n) is 12.1. The number of rotatable bonds is 4. The SMILES string of the molecule is O=C1COC(c2ccc(OS(=O)(=O)c3ccccc3)cc2)CN1. The van der Waals surface area contributed by atoms with Crippen LogP contribution in [0.3, 0.4) is 0 Å². The van der Waals surface area contributed by atoms with Gasteiger partial charge in [0, 0.05) is 6.54 Å². The van der Waals surface area contributed by atoms with Crippen LogP contribution < -0.4 is 9.50 Å². The number of carbonyl (C=O) groups is 1. The van der Waals surface area contributed by atoms with Crippen molar-refractivity contribution in [3.8, 4) is 5.75 Å². The minimum atomic E-state index is -3.85. The maximum absolute atomic E-state index is 12.1. The molecule has 6 nitrogen and oxygen atoms in total. The molecule has 7 heteroatoms. The summed E-state index contributed by atoms with van der Waals surface area (Å²) in [6, 6.07) is 14.5. The number of amides is 1. The molecule has 1 amide bonds. The molecule has 2 aromatic rings. The molecule has 0 saturated carbocycles. The second-order valence-electron chi connectivity index (χ2n) is 5.02. The molecule has 0 aliphatic carbocycles. The molecule has 120 valence electrons. The van der Waals surface area contributed by atoms with Crippen LogP contribution in [0, 0.1) is 0 Å². The zero-order chi connectivity index (χ0) is 16.3. The van der Waals surface area contributed by atoms with E-state index in [4.69, 9.17) is 8.92 Å². The van der Waals surface area contributed by atoms with Crippen LogP contribution in [0.15, 0.2) is 59.5 Å². The monoisotopic (exact) mass is 333 g/mol. The third-order valence-electron chi connectivity index (χ3n) is 3.39. The van der Waals surface area contributed by atoms with Crippen molar-refractivity contribution in [1.29, 1.82) is 0 Å². The summed E-state index contributed by atoms with van der Waals surface area (Å²) in [4.78, 5) is 11.2. The van der Waals surface area contributed by atoms with Crippen LogP contribution in [-0.4, -0.2) is 27.5 Å². The van der Waals surface area contributed by atoms with Crippen LogP contribution in [0.2, 0.25) is 0 Å². The van der Waals surface area contributed by atoms with E-state index in [0.29, 0.717) is 6.54 Å². The van der Waals surface area contributed by atoms with E-state index < -0.39 is 10.1 Å². The van der Waals surface area contributed by atoms with Crippen molar-refractivity contribution >= 4 is 16.0 Å². The first kappa shape index (κ1) is 15.5. The lowest BCUT2D eigenvalue weighted by Gasteiger charge is -2.23. The first-order valence-electron chi connectivity index (χ1n) is 7.02. The van der Waals surface area contributed by atoms with Gasteiger partial charge in [0.2, 0.25) is 5.91 Å². The lowest BCUT2D eigenvalue weighted by atomic mass is 10.1. The molecule has 3 rings (SSSR count). The Morgan fingerprint density at radius 1 is 1.04 bits per heavy atom. The van der Waals surface area contributed by atoms with Crippen LogP contribution in [0.25, 0.3) is 0 Å². The summed E-state index contributed by atoms with van der Waals surface area (Å²) in [5.74, 6) is 0.0765. The van der Waals surface area contributed by atoms with Crippen molar-refractivity contribution in [2.45, 2.75) is 11.0 Å². The Kier molecular flexibility index (Phi) is 4.31. The van der Waals surface area contributed by atoms with Crippen LogP contribution in [-0.2, 0) is 19.6 Å². The Hall–Kier alpha value is -2.38. The Labute approximate surface area is 134 Å². The highest BCUT2D eigenvalue weighted by molar-refractivity contribution is 7.87. The quantitative estimate of drug-likeness (QED) is 0.860. The van der Waals surface area contributed by atoms with E-state index in [-0.39, 0.29) is 29.3 Å². The molecule has 1 aliphatic heterocycles. The standard InChI is InChI=1S/C16H15NO5S/c18-16-11-21-15(10-17-16)12-6-8-13(9-7-12)22-23(19,20)14-4-2-1-3-5-14/h1-9,15H,10-11H2,(H,17,18). The topological polar surface area (TPSA) is 81.7 Å². The van der Waals surface area contributed by atoms with E-state index in [1.807, 2.05) is 0 Å². The molecule has 1 unspecified atom stereocenters. The molecular weight excluding hydrogens is 318 g/mol. The normalized spacial score (nSPS) is 18.3. The van der Waals surface area contributed by atoms with Gasteiger partial charge in [-0.2, -0.15) is 8.42 Å². The minimum Gasteiger partial charge on any atom is -0.379 e. The fraction of sp³-hybridized carbons (Fsp3) is 0.188. The lowest BCUT2D eigenvalue weighted by Crippen LogP contribution is -2.38. The molecule has 0 spiro atoms. The fourth-order valence-electron chi connectivity index (χ4n) is 2.21. The molecule has 1 saturated heterocycles. The maximum atomic E-state index is 12.1. The van der Waals surface area contributed by atoms with E-state index >= 15 is 0 Å². The number of nitrogens with one attached hydrogen (secondary N) is 1. The van der Waals surface area contributed by atoms with Gasteiger partial charge in [-0.15, -0.1) is 0 Å². The first-order valence-corrected chi connectivity index (χ1v) is 8.43. The molecule has 23 heavy (non-hydrogen) atoms. The molecule has 1 heterocycles. The highest BCUT2D eigenvalue weighted by Gasteiger charge is 2.21. The fourth-order valence-corrected chi connectivity index (χ4v) is 3.16. The van der Waals surface area contributed by atoms with E-state index in [0.717, 1.165) is 5.56 Å². The molecule has 0 bridgehead atoms. The van der Waals surface area contributed by atoms with Gasteiger partial charge >= 0.3 is 10.1 Å². The highest BCUT2D eigenvalue weighted by Crippen LogP contribution is 2.24. The number of hydrogen-bond donors (Lipinski definition) is 1. The highest BCUT2D eigenvalue weighted by atomic mass is 32.2. The van der Waals surface area contributed by atoms with E-state index in [9.17, 15) is 13.2 Å². The van der Waals surface area contributed by atoms with Gasteiger partial charge in [-0.05, 0) is 29.8 Å². The molecule has 1 aliphatic rings. The van der Waals surface area contributed by atoms with Crippen molar-refractivity contribution < 1.29 is 22.1 Å². The first-order chi connectivity index (χ1) is 11.0. The van der Waals surface area contributed by atoms with Crippen LogP contribution in [0.4, 0.5) is 0 Å². The summed E-state index contributed by atoms with van der Waals surface area (Å²) in [7, 11) is -3.85. The number of hydrogen-bond acceptors (Lipinski definition) is 5. The molecule has 1 atom stereocenters. The van der Waals surface area contributed by atoms with Gasteiger partial charge in [-0.3, -0.25) is 4.79 Å². The maximum Gasteiger partial charge on any atom is 0.339 e. The van der Waals surface area contributed by atoms with Crippen molar-refractivity contribution in [1.82, 2.24) is 5.32 Å². The molecule has 0 radical (unpaired) electrons. The number of morpholine rings is 1. The Morgan fingerprint density at radius 2 is 1.74 bits per heavy atom. The van der Waals surface area contributed by atoms with E-state index in [1.54, 1.807) is 42.5 Å². The lowest BCUT2D eigenvalue weighted by molar-refractivity contribution is -0.133. The van der Waals surface area contributed by atoms with Gasteiger partial charge in [-0.1, -0.05) is 30.3 Å². The third kappa shape index (κ3) is 3.69. The Balaban J connectivity index is 1.72. The van der Waals surface area contributed by atoms with Crippen molar-refractivity contribution in [3.63, 3.8) is 0 Å². The van der Waals surface area contributed by atoms with Crippen molar-refractivity contribution in [2.75, 3.05) is 13.2 Å². The van der Waals surface area contributed by atoms with Crippen molar-refractivity contribution in [3.05, 3.63) is 60.2 Å². The van der Waals surface area contributed by atoms with Crippen LogP contribution in [0.1, 0.15) is 11.7 Å². The smallest absolute Gasteiger partial charge is 0.339 e. The molecule has 1 N–H and O–H groups in total. The molecule has 0 aromatic heterocycles. The van der Waals surface area contributed by atoms with Gasteiger partial charge in [0.05, 0.1) is 0 Å². The van der Waals surface area contributed by atoms with Gasteiger partial charge in [-0.25, -0.2) is 0 Å². The Bertz CT molecular complexity index is 777. The predicted molar refractivity (Wildman–Crippen MR) is 82.4 cm³/mol. The van der Waals surface area contributed by atoms with Crippen LogP contribution >= 0.6 is 0 Å². The minimum absolute atomic E-state index is 0.0192. The van der Waals surface area contributed by atoms with Crippen LogP contribution in [0.5, 0.6) is 5.75 Å². The summed E-state index contributed by atoms with van der Waals surface area (Å²) in [5.41, 5.74) is 0.842. The number of ether oxygens (including phenoxy) is 1. The average molecular weight is 333 g/mol. The van der Waals surface area contributed by atoms with Crippen molar-refractivity contribution in [2.24, 2.45) is 0 Å². The van der Waals surface area contributed by atoms with Gasteiger partial charge in [0.1, 0.15) is 23.4 Å². The average Bonchev–Trinajstić information content (AvgIpc) is 2.57. The number of carbonyl (C=O) groups excluding carboxylic acids is 1. The van der Waals surface area contributed by atoms with Gasteiger partial charge in [0.15, 0.2) is 0 Å². The predicted octanol–water partition coefficient (Wildman–Crippen LogP) is 1.64. The van der Waals surface area contributed by atoms with E-state index in [1.165, 1.54) is 12.1 Å². The van der Waals surface area contributed by atoms with E-state index in [2.05, 4.69) is 5.32 Å². The number of benzene rings is 2. The molecule has 1 fully saturated rings. The Morgan fingerprint density at radius 3 is 2.35 bits per heavy atom. The summed E-state index contributed by atoms with van der Waals surface area (Å²) in [6.45, 7) is 0.409. The summed E-state index contributed by atoms with van der Waals surface area (Å²) < 4.78 is 34.8. The second-order valence-corrected chi connectivity index (χ2v) is 6.57. The van der Waals surface area contributed by atoms with Gasteiger partial charge in [0.25, 0.3) is 0 Å². The summed E-state index contributed by atoms with van der Waals surface area (Å²) in [5, 5.41) is 2.71. The zero-order valence-corrected chi connectivity index (χ0v) is 13.0. The second kappa shape index (κ2) is 6.39. The summed E-state index contributed by atoms with van der Waals surface area (Å²) in [6.07, 6.45) is -0.243.